The van der Waals surface area contributed by atoms with E-state index in [1.54, 1.807) is 7.11 Å². The Hall–Kier alpha value is -1.06. The van der Waals surface area contributed by atoms with Gasteiger partial charge in [0, 0.05) is 6.54 Å². The Kier molecular flexibility index (Phi) is 2.20. The lowest BCUT2D eigenvalue weighted by Crippen LogP contribution is -2.18. The molecule has 0 aromatic heterocycles. The fourth-order valence-corrected chi connectivity index (χ4v) is 1.68. The van der Waals surface area contributed by atoms with Crippen LogP contribution in [0.15, 0.2) is 18.2 Å². The number of aliphatic hydroxyl groups is 1. The molecule has 3 heteroatoms. The summed E-state index contributed by atoms with van der Waals surface area (Å²) in [7, 11) is 1.67. The summed E-state index contributed by atoms with van der Waals surface area (Å²) in [6, 6.07) is 5.99. The lowest BCUT2D eigenvalue weighted by molar-refractivity contribution is 0.174. The molecule has 0 radical (unpaired) electrons. The van der Waals surface area contributed by atoms with E-state index in [9.17, 15) is 0 Å². The Bertz CT molecular complexity index is 312. The van der Waals surface area contributed by atoms with Crippen LogP contribution in [0.3, 0.4) is 0 Å². The van der Waals surface area contributed by atoms with Crippen LogP contribution in [0.1, 0.15) is 11.1 Å². The zero-order valence-electron chi connectivity index (χ0n) is 7.66. The SMILES string of the molecule is CON1CCc2ccc(CO)cc21. The van der Waals surface area contributed by atoms with Crippen molar-refractivity contribution in [2.45, 2.75) is 13.0 Å². The van der Waals surface area contributed by atoms with Crippen molar-refractivity contribution in [2.75, 3.05) is 18.7 Å². The van der Waals surface area contributed by atoms with Crippen LogP contribution in [0.5, 0.6) is 0 Å². The van der Waals surface area contributed by atoms with Crippen LogP contribution in [0.4, 0.5) is 5.69 Å². The smallest absolute Gasteiger partial charge is 0.0682 e. The third kappa shape index (κ3) is 1.41. The highest BCUT2D eigenvalue weighted by Gasteiger charge is 2.18. The van der Waals surface area contributed by atoms with Crippen molar-refractivity contribution in [3.8, 4) is 0 Å². The van der Waals surface area contributed by atoms with Gasteiger partial charge in [0.25, 0.3) is 0 Å². The molecule has 1 aliphatic rings. The molecule has 2 rings (SSSR count). The summed E-state index contributed by atoms with van der Waals surface area (Å²) in [5.74, 6) is 0. The lowest BCUT2D eigenvalue weighted by atomic mass is 10.1. The van der Waals surface area contributed by atoms with Crippen molar-refractivity contribution >= 4 is 5.69 Å². The summed E-state index contributed by atoms with van der Waals surface area (Å²) in [5, 5.41) is 10.8. The van der Waals surface area contributed by atoms with Crippen molar-refractivity contribution in [2.24, 2.45) is 0 Å². The van der Waals surface area contributed by atoms with Gasteiger partial charge in [-0.2, -0.15) is 0 Å². The number of hydroxylamine groups is 1. The highest BCUT2D eigenvalue weighted by Crippen LogP contribution is 2.28. The Morgan fingerprint density at radius 3 is 3.08 bits per heavy atom. The molecule has 0 saturated heterocycles. The lowest BCUT2D eigenvalue weighted by Gasteiger charge is -2.15. The Labute approximate surface area is 77.5 Å². The molecule has 1 aromatic rings. The predicted molar refractivity (Wildman–Crippen MR) is 50.4 cm³/mol. The third-order valence-corrected chi connectivity index (χ3v) is 2.41. The number of anilines is 1. The first-order valence-corrected chi connectivity index (χ1v) is 4.39. The fraction of sp³-hybridized carbons (Fsp3) is 0.400. The van der Waals surface area contributed by atoms with Crippen molar-refractivity contribution < 1.29 is 9.94 Å². The van der Waals surface area contributed by atoms with Gasteiger partial charge in [-0.3, -0.25) is 9.90 Å². The van der Waals surface area contributed by atoms with E-state index in [2.05, 4.69) is 6.07 Å². The minimum atomic E-state index is 0.0881. The molecule has 1 aromatic carbocycles. The second-order valence-corrected chi connectivity index (χ2v) is 3.16. The molecule has 13 heavy (non-hydrogen) atoms. The fourth-order valence-electron chi connectivity index (χ4n) is 1.68. The van der Waals surface area contributed by atoms with Gasteiger partial charge in [-0.1, -0.05) is 12.1 Å². The second-order valence-electron chi connectivity index (χ2n) is 3.16. The van der Waals surface area contributed by atoms with Crippen LogP contribution in [0, 0.1) is 0 Å². The second kappa shape index (κ2) is 3.36. The molecule has 0 spiro atoms. The molecule has 0 saturated carbocycles. The van der Waals surface area contributed by atoms with Crippen LogP contribution in [0.2, 0.25) is 0 Å². The third-order valence-electron chi connectivity index (χ3n) is 2.41. The minimum absolute atomic E-state index is 0.0881. The van der Waals surface area contributed by atoms with Gasteiger partial charge >= 0.3 is 0 Å². The topological polar surface area (TPSA) is 32.7 Å². The van der Waals surface area contributed by atoms with E-state index in [-0.39, 0.29) is 6.61 Å². The number of aliphatic hydroxyl groups excluding tert-OH is 1. The Balaban J connectivity index is 2.37. The number of benzene rings is 1. The maximum Gasteiger partial charge on any atom is 0.0682 e. The molecule has 70 valence electrons. The van der Waals surface area contributed by atoms with Gasteiger partial charge in [0.2, 0.25) is 0 Å². The van der Waals surface area contributed by atoms with E-state index >= 15 is 0 Å². The van der Waals surface area contributed by atoms with Crippen molar-refractivity contribution in [3.63, 3.8) is 0 Å². The summed E-state index contributed by atoms with van der Waals surface area (Å²) in [5.41, 5.74) is 3.32. The molecule has 3 nitrogen and oxygen atoms in total. The summed E-state index contributed by atoms with van der Waals surface area (Å²) < 4.78 is 0. The molecule has 0 amide bonds. The maximum atomic E-state index is 8.97. The molecular weight excluding hydrogens is 166 g/mol. The van der Waals surface area contributed by atoms with E-state index in [1.807, 2.05) is 17.2 Å². The molecule has 0 aliphatic carbocycles. The highest BCUT2D eigenvalue weighted by molar-refractivity contribution is 5.57. The van der Waals surface area contributed by atoms with Crippen LogP contribution in [-0.4, -0.2) is 18.8 Å². The zero-order valence-corrected chi connectivity index (χ0v) is 7.66. The van der Waals surface area contributed by atoms with Crippen molar-refractivity contribution in [3.05, 3.63) is 29.3 Å². The summed E-state index contributed by atoms with van der Waals surface area (Å²) >= 11 is 0. The van der Waals surface area contributed by atoms with Gasteiger partial charge in [-0.15, -0.1) is 0 Å². The molecule has 1 aliphatic heterocycles. The minimum Gasteiger partial charge on any atom is -0.392 e. The number of rotatable bonds is 2. The van der Waals surface area contributed by atoms with Crippen molar-refractivity contribution in [1.29, 1.82) is 0 Å². The average Bonchev–Trinajstić information content (AvgIpc) is 2.59. The first-order chi connectivity index (χ1) is 6.35. The van der Waals surface area contributed by atoms with Gasteiger partial charge in [-0.25, -0.2) is 0 Å². The number of hydrogen-bond acceptors (Lipinski definition) is 3. The Morgan fingerprint density at radius 1 is 1.54 bits per heavy atom. The van der Waals surface area contributed by atoms with E-state index in [0.717, 1.165) is 24.2 Å². The number of nitrogens with zero attached hydrogens (tertiary/aromatic N) is 1. The molecule has 0 bridgehead atoms. The predicted octanol–water partition coefficient (Wildman–Crippen LogP) is 1.10. The van der Waals surface area contributed by atoms with Crippen LogP contribution in [0.25, 0.3) is 0 Å². The molecule has 0 fully saturated rings. The number of hydrogen-bond donors (Lipinski definition) is 1. The summed E-state index contributed by atoms with van der Waals surface area (Å²) in [6.07, 6.45) is 1.02. The molecule has 0 atom stereocenters. The monoisotopic (exact) mass is 179 g/mol. The molecule has 1 N–H and O–H groups in total. The van der Waals surface area contributed by atoms with Gasteiger partial charge < -0.3 is 5.11 Å². The quantitative estimate of drug-likeness (QED) is 0.738. The van der Waals surface area contributed by atoms with Crippen LogP contribution >= 0.6 is 0 Å². The maximum absolute atomic E-state index is 8.97. The standard InChI is InChI=1S/C10H13NO2/c1-13-11-5-4-9-3-2-8(7-12)6-10(9)11/h2-3,6,12H,4-5,7H2,1H3. The van der Waals surface area contributed by atoms with E-state index in [1.165, 1.54) is 5.56 Å². The van der Waals surface area contributed by atoms with E-state index < -0.39 is 0 Å². The molecule has 1 heterocycles. The van der Waals surface area contributed by atoms with Crippen LogP contribution < -0.4 is 5.06 Å². The highest BCUT2D eigenvalue weighted by atomic mass is 16.7. The van der Waals surface area contributed by atoms with Crippen molar-refractivity contribution in [1.82, 2.24) is 0 Å². The normalized spacial score (nSPS) is 14.8. The zero-order chi connectivity index (χ0) is 9.26. The largest absolute Gasteiger partial charge is 0.392 e. The molecular formula is C10H13NO2. The van der Waals surface area contributed by atoms with Gasteiger partial charge in [0.05, 0.1) is 19.4 Å². The number of fused-ring (bicyclic) bond motifs is 1. The first-order valence-electron chi connectivity index (χ1n) is 4.39. The summed E-state index contributed by atoms with van der Waals surface area (Å²) in [4.78, 5) is 5.19. The molecule has 0 unspecified atom stereocenters. The van der Waals surface area contributed by atoms with Gasteiger partial charge in [0.15, 0.2) is 0 Å². The van der Waals surface area contributed by atoms with Gasteiger partial charge in [0.1, 0.15) is 0 Å². The van der Waals surface area contributed by atoms with E-state index in [0.29, 0.717) is 0 Å². The summed E-state index contributed by atoms with van der Waals surface area (Å²) in [6.45, 7) is 0.992. The van der Waals surface area contributed by atoms with Gasteiger partial charge in [-0.05, 0) is 23.6 Å². The van der Waals surface area contributed by atoms with E-state index in [4.69, 9.17) is 9.94 Å². The first kappa shape index (κ1) is 8.53. The Morgan fingerprint density at radius 2 is 2.38 bits per heavy atom. The average molecular weight is 179 g/mol. The van der Waals surface area contributed by atoms with Crippen LogP contribution in [-0.2, 0) is 17.9 Å².